The van der Waals surface area contributed by atoms with Crippen molar-refractivity contribution in [2.45, 2.75) is 0 Å². The lowest BCUT2D eigenvalue weighted by atomic mass is 9.96. The maximum atomic E-state index is 2.47. The highest BCUT2D eigenvalue weighted by molar-refractivity contribution is 6.22. The molecule has 0 saturated heterocycles. The molecule has 0 atom stereocenters. The molecule has 56 heavy (non-hydrogen) atoms. The van der Waals surface area contributed by atoms with Crippen LogP contribution >= 0.6 is 0 Å². The molecule has 1 aromatic heterocycles. The molecule has 0 spiro atoms. The zero-order valence-electron chi connectivity index (χ0n) is 30.7. The van der Waals surface area contributed by atoms with E-state index in [0.29, 0.717) is 0 Å². The van der Waals surface area contributed by atoms with Crippen molar-refractivity contribution in [3.05, 3.63) is 218 Å². The Hall–Kier alpha value is -7.42. The van der Waals surface area contributed by atoms with Crippen LogP contribution in [-0.2, 0) is 0 Å². The van der Waals surface area contributed by atoms with E-state index in [1.54, 1.807) is 0 Å². The zero-order valence-corrected chi connectivity index (χ0v) is 30.7. The molecule has 0 amide bonds. The van der Waals surface area contributed by atoms with Gasteiger partial charge >= 0.3 is 0 Å². The minimum absolute atomic E-state index is 1.10. The average Bonchev–Trinajstić information content (AvgIpc) is 3.63. The monoisotopic (exact) mass is 712 g/mol. The summed E-state index contributed by atoms with van der Waals surface area (Å²) in [6.45, 7) is 0. The fourth-order valence-corrected chi connectivity index (χ4v) is 8.88. The number of aromatic nitrogens is 1. The van der Waals surface area contributed by atoms with Gasteiger partial charge in [-0.1, -0.05) is 176 Å². The maximum absolute atomic E-state index is 2.47. The molecule has 0 bridgehead atoms. The SMILES string of the molecule is c1ccc(-c2ccccc2N(c2cccc(-c3cccc4c3c3ccc5ccccc5c3n4-c3ccccc3)c2)c2cc3ccccc3c3ccccc23)cc1. The van der Waals surface area contributed by atoms with Gasteiger partial charge in [0.05, 0.1) is 22.4 Å². The quantitative estimate of drug-likeness (QED) is 0.156. The van der Waals surface area contributed by atoms with E-state index in [1.807, 2.05) is 0 Å². The van der Waals surface area contributed by atoms with Gasteiger partial charge < -0.3 is 9.47 Å². The molecule has 11 rings (SSSR count). The van der Waals surface area contributed by atoms with E-state index in [0.717, 1.165) is 22.7 Å². The molecule has 0 unspecified atom stereocenters. The molecule has 2 heteroatoms. The third-order valence-corrected chi connectivity index (χ3v) is 11.3. The van der Waals surface area contributed by atoms with E-state index in [9.17, 15) is 0 Å². The van der Waals surface area contributed by atoms with Crippen molar-refractivity contribution in [3.8, 4) is 27.9 Å². The molecule has 0 radical (unpaired) electrons. The van der Waals surface area contributed by atoms with E-state index in [-0.39, 0.29) is 0 Å². The fourth-order valence-electron chi connectivity index (χ4n) is 8.88. The van der Waals surface area contributed by atoms with Crippen LogP contribution in [0.1, 0.15) is 0 Å². The Bertz CT molecular complexity index is 3250. The second-order valence-electron chi connectivity index (χ2n) is 14.5. The van der Waals surface area contributed by atoms with E-state index in [2.05, 4.69) is 228 Å². The largest absolute Gasteiger partial charge is 0.309 e. The van der Waals surface area contributed by atoms with Crippen molar-refractivity contribution in [2.24, 2.45) is 0 Å². The van der Waals surface area contributed by atoms with Gasteiger partial charge in [0.2, 0.25) is 0 Å². The summed E-state index contributed by atoms with van der Waals surface area (Å²) >= 11 is 0. The van der Waals surface area contributed by atoms with Crippen molar-refractivity contribution in [2.75, 3.05) is 4.90 Å². The molecule has 1 heterocycles. The first-order valence-electron chi connectivity index (χ1n) is 19.3. The predicted octanol–water partition coefficient (Wildman–Crippen LogP) is 15.0. The first-order valence-corrected chi connectivity index (χ1v) is 19.3. The number of benzene rings is 10. The third-order valence-electron chi connectivity index (χ3n) is 11.3. The minimum Gasteiger partial charge on any atom is -0.309 e. The molecule has 0 aliphatic rings. The summed E-state index contributed by atoms with van der Waals surface area (Å²) in [5.74, 6) is 0. The van der Waals surface area contributed by atoms with E-state index >= 15 is 0 Å². The third kappa shape index (κ3) is 5.11. The highest BCUT2D eigenvalue weighted by atomic mass is 15.1. The Labute approximate surface area is 325 Å². The molecule has 0 N–H and O–H groups in total. The van der Waals surface area contributed by atoms with Crippen LogP contribution in [0, 0.1) is 0 Å². The van der Waals surface area contributed by atoms with Crippen LogP contribution in [-0.4, -0.2) is 4.57 Å². The van der Waals surface area contributed by atoms with Crippen molar-refractivity contribution < 1.29 is 0 Å². The second kappa shape index (κ2) is 13.2. The molecule has 0 fully saturated rings. The van der Waals surface area contributed by atoms with Gasteiger partial charge in [-0.25, -0.2) is 0 Å². The normalized spacial score (nSPS) is 11.6. The van der Waals surface area contributed by atoms with Crippen LogP contribution < -0.4 is 4.90 Å². The standard InChI is InChI=1S/C54H36N2/c1-3-17-37(18-4-1)44-26-13-14-31-50(44)55(52-36-40-20-8-9-25-43(40)47-28-11-12-29-48(47)52)42-24-15-21-39(35-42)45-30-16-32-51-53(45)49-34-33-38-19-7-10-27-46(38)54(49)56(51)41-22-5-2-6-23-41/h1-36H. The molecule has 0 saturated carbocycles. The highest BCUT2D eigenvalue weighted by Gasteiger charge is 2.22. The minimum atomic E-state index is 1.10. The summed E-state index contributed by atoms with van der Waals surface area (Å²) in [4.78, 5) is 2.47. The van der Waals surface area contributed by atoms with E-state index < -0.39 is 0 Å². The number of rotatable bonds is 6. The topological polar surface area (TPSA) is 8.17 Å². The molecule has 262 valence electrons. The Balaban J connectivity index is 1.20. The van der Waals surface area contributed by atoms with Crippen molar-refractivity contribution in [1.82, 2.24) is 4.57 Å². The second-order valence-corrected chi connectivity index (χ2v) is 14.5. The zero-order chi connectivity index (χ0) is 37.0. The van der Waals surface area contributed by atoms with Crippen LogP contribution in [0.2, 0.25) is 0 Å². The van der Waals surface area contributed by atoms with Gasteiger partial charge in [0.1, 0.15) is 0 Å². The lowest BCUT2D eigenvalue weighted by Gasteiger charge is -2.30. The molecule has 11 aromatic rings. The first kappa shape index (κ1) is 32.0. The lowest BCUT2D eigenvalue weighted by Crippen LogP contribution is -2.12. The van der Waals surface area contributed by atoms with Crippen LogP contribution in [0.3, 0.4) is 0 Å². The fraction of sp³-hybridized carbons (Fsp3) is 0. The van der Waals surface area contributed by atoms with Crippen molar-refractivity contribution in [1.29, 1.82) is 0 Å². The van der Waals surface area contributed by atoms with Crippen LogP contribution in [0.4, 0.5) is 17.1 Å². The number of hydrogen-bond donors (Lipinski definition) is 0. The van der Waals surface area contributed by atoms with E-state index in [1.165, 1.54) is 76.4 Å². The molecular formula is C54H36N2. The average molecular weight is 713 g/mol. The Morgan fingerprint density at radius 1 is 0.339 bits per heavy atom. The van der Waals surface area contributed by atoms with Crippen LogP contribution in [0.25, 0.3) is 82.1 Å². The molecular weight excluding hydrogens is 677 g/mol. The first-order chi connectivity index (χ1) is 27.8. The molecule has 0 aliphatic carbocycles. The van der Waals surface area contributed by atoms with Gasteiger partial charge in [-0.05, 0) is 80.7 Å². The summed E-state index contributed by atoms with van der Waals surface area (Å²) < 4.78 is 2.45. The van der Waals surface area contributed by atoms with Gasteiger partial charge in [0.25, 0.3) is 0 Å². The Kier molecular flexibility index (Phi) is 7.53. The number of hydrogen-bond acceptors (Lipinski definition) is 1. The summed E-state index contributed by atoms with van der Waals surface area (Å²) in [5, 5.41) is 9.90. The van der Waals surface area contributed by atoms with Gasteiger partial charge in [-0.15, -0.1) is 0 Å². The summed E-state index contributed by atoms with van der Waals surface area (Å²) in [5.41, 5.74) is 11.7. The summed E-state index contributed by atoms with van der Waals surface area (Å²) in [6.07, 6.45) is 0. The summed E-state index contributed by atoms with van der Waals surface area (Å²) in [7, 11) is 0. The smallest absolute Gasteiger partial charge is 0.0619 e. The summed E-state index contributed by atoms with van der Waals surface area (Å²) in [6, 6.07) is 79.5. The Morgan fingerprint density at radius 2 is 0.964 bits per heavy atom. The van der Waals surface area contributed by atoms with Crippen molar-refractivity contribution >= 4 is 71.2 Å². The highest BCUT2D eigenvalue weighted by Crippen LogP contribution is 2.47. The number of para-hydroxylation sites is 2. The van der Waals surface area contributed by atoms with E-state index in [4.69, 9.17) is 0 Å². The van der Waals surface area contributed by atoms with Crippen LogP contribution in [0.5, 0.6) is 0 Å². The number of anilines is 3. The predicted molar refractivity (Wildman–Crippen MR) is 239 cm³/mol. The van der Waals surface area contributed by atoms with Gasteiger partial charge in [-0.2, -0.15) is 0 Å². The lowest BCUT2D eigenvalue weighted by molar-refractivity contribution is 1.19. The Morgan fingerprint density at radius 3 is 1.80 bits per heavy atom. The molecule has 2 nitrogen and oxygen atoms in total. The molecule has 10 aromatic carbocycles. The van der Waals surface area contributed by atoms with Gasteiger partial charge in [0, 0.05) is 38.5 Å². The van der Waals surface area contributed by atoms with Gasteiger partial charge in [-0.3, -0.25) is 0 Å². The van der Waals surface area contributed by atoms with Crippen LogP contribution in [0.15, 0.2) is 218 Å². The number of fused-ring (bicyclic) bond motifs is 8. The maximum Gasteiger partial charge on any atom is 0.0619 e. The van der Waals surface area contributed by atoms with Crippen molar-refractivity contribution in [3.63, 3.8) is 0 Å². The number of nitrogens with zero attached hydrogens (tertiary/aromatic N) is 2. The van der Waals surface area contributed by atoms with Gasteiger partial charge in [0.15, 0.2) is 0 Å². The molecule has 0 aliphatic heterocycles.